The number of carbonyl (C=O) groups excluding carboxylic acids is 1. The number of aliphatic hydroxyl groups excluding tert-OH is 1. The Morgan fingerprint density at radius 1 is 1.45 bits per heavy atom. The molecule has 2 rings (SSSR count). The number of hydrogen-bond donors (Lipinski definition) is 2. The van der Waals surface area contributed by atoms with Crippen LogP contribution in [0.4, 0.5) is 4.39 Å². The lowest BCUT2D eigenvalue weighted by atomic mass is 9.95. The van der Waals surface area contributed by atoms with Crippen molar-refractivity contribution in [2.75, 3.05) is 26.2 Å². The summed E-state index contributed by atoms with van der Waals surface area (Å²) in [6.07, 6.45) is 2.81. The first-order chi connectivity index (χ1) is 9.60. The number of aliphatic hydroxyl groups is 1. The van der Waals surface area contributed by atoms with Crippen LogP contribution in [0.25, 0.3) is 0 Å². The summed E-state index contributed by atoms with van der Waals surface area (Å²) < 4.78 is 13.1. The van der Waals surface area contributed by atoms with Gasteiger partial charge >= 0.3 is 0 Å². The smallest absolute Gasteiger partial charge is 0.180 e. The van der Waals surface area contributed by atoms with Crippen LogP contribution in [0.2, 0.25) is 0 Å². The molecule has 1 aromatic carbocycles. The lowest BCUT2D eigenvalue weighted by molar-refractivity contribution is 0.0868. The molecule has 1 atom stereocenters. The number of piperidine rings is 1. The molecule has 1 aromatic rings. The van der Waals surface area contributed by atoms with Gasteiger partial charge in [0.25, 0.3) is 0 Å². The van der Waals surface area contributed by atoms with E-state index in [-0.39, 0.29) is 30.2 Å². The number of phenolic OH excluding ortho intramolecular Hbond substituents is 1. The minimum Gasteiger partial charge on any atom is -0.507 e. The van der Waals surface area contributed by atoms with E-state index < -0.39 is 5.82 Å². The van der Waals surface area contributed by atoms with Gasteiger partial charge in [0.05, 0.1) is 12.1 Å². The fourth-order valence-corrected chi connectivity index (χ4v) is 2.73. The number of Topliss-reactive ketones (excluding diaryl/α,β-unsaturated/α-hetero) is 1. The van der Waals surface area contributed by atoms with Gasteiger partial charge in [-0.25, -0.2) is 4.39 Å². The van der Waals surface area contributed by atoms with Crippen molar-refractivity contribution in [1.29, 1.82) is 0 Å². The predicted molar refractivity (Wildman–Crippen MR) is 73.3 cm³/mol. The minimum absolute atomic E-state index is 0.0364. The van der Waals surface area contributed by atoms with E-state index in [1.807, 2.05) is 4.90 Å². The highest BCUT2D eigenvalue weighted by atomic mass is 19.1. The largest absolute Gasteiger partial charge is 0.507 e. The molecular formula is C15H20FNO3. The maximum absolute atomic E-state index is 13.1. The van der Waals surface area contributed by atoms with Crippen LogP contribution < -0.4 is 0 Å². The maximum Gasteiger partial charge on any atom is 0.180 e. The molecule has 0 aromatic heterocycles. The zero-order chi connectivity index (χ0) is 14.5. The van der Waals surface area contributed by atoms with Gasteiger partial charge in [-0.1, -0.05) is 0 Å². The summed E-state index contributed by atoms with van der Waals surface area (Å²) in [4.78, 5) is 14.1. The highest BCUT2D eigenvalue weighted by Crippen LogP contribution is 2.22. The molecule has 0 saturated carbocycles. The molecule has 0 amide bonds. The molecular weight excluding hydrogens is 261 g/mol. The standard InChI is InChI=1S/C15H20FNO3/c16-12-3-4-14(19)13(8-12)15(20)10-17-6-1-2-11(9-17)5-7-18/h3-4,8,11,18-19H,1-2,5-7,9-10H2. The van der Waals surface area contributed by atoms with Crippen LogP contribution in [-0.4, -0.2) is 47.1 Å². The SMILES string of the molecule is O=C(CN1CCCC(CCO)C1)c1cc(F)ccc1O. The third-order valence-electron chi connectivity index (χ3n) is 3.77. The van der Waals surface area contributed by atoms with Crippen molar-refractivity contribution in [3.8, 4) is 5.75 Å². The molecule has 110 valence electrons. The molecule has 1 fully saturated rings. The second kappa shape index (κ2) is 6.81. The third-order valence-corrected chi connectivity index (χ3v) is 3.77. The van der Waals surface area contributed by atoms with Crippen molar-refractivity contribution in [2.24, 2.45) is 5.92 Å². The van der Waals surface area contributed by atoms with Crippen LogP contribution in [0.1, 0.15) is 29.6 Å². The molecule has 0 radical (unpaired) electrons. The van der Waals surface area contributed by atoms with E-state index in [0.29, 0.717) is 5.92 Å². The molecule has 1 aliphatic heterocycles. The van der Waals surface area contributed by atoms with E-state index in [0.717, 1.165) is 44.5 Å². The molecule has 4 nitrogen and oxygen atoms in total. The first kappa shape index (κ1) is 14.9. The highest BCUT2D eigenvalue weighted by molar-refractivity contribution is 6.00. The van der Waals surface area contributed by atoms with E-state index in [2.05, 4.69) is 0 Å². The number of halogens is 1. The zero-order valence-corrected chi connectivity index (χ0v) is 11.4. The normalized spacial score (nSPS) is 20.0. The molecule has 0 aliphatic carbocycles. The van der Waals surface area contributed by atoms with Crippen molar-refractivity contribution in [3.63, 3.8) is 0 Å². The first-order valence-electron chi connectivity index (χ1n) is 6.95. The number of benzene rings is 1. The van der Waals surface area contributed by atoms with E-state index >= 15 is 0 Å². The molecule has 0 spiro atoms. The Labute approximate surface area is 117 Å². The van der Waals surface area contributed by atoms with Gasteiger partial charge in [-0.2, -0.15) is 0 Å². The Bertz CT molecular complexity index is 476. The van der Waals surface area contributed by atoms with Crippen LogP contribution in [0.3, 0.4) is 0 Å². The third kappa shape index (κ3) is 3.77. The maximum atomic E-state index is 13.1. The summed E-state index contributed by atoms with van der Waals surface area (Å²) in [5.41, 5.74) is 0.0364. The molecule has 1 aliphatic rings. The van der Waals surface area contributed by atoms with Gasteiger partial charge in [0.15, 0.2) is 5.78 Å². The van der Waals surface area contributed by atoms with E-state index in [1.54, 1.807) is 0 Å². The number of ketones is 1. The number of phenols is 1. The van der Waals surface area contributed by atoms with Crippen LogP contribution in [0, 0.1) is 11.7 Å². The average molecular weight is 281 g/mol. The fourth-order valence-electron chi connectivity index (χ4n) is 2.73. The molecule has 2 N–H and O–H groups in total. The summed E-state index contributed by atoms with van der Waals surface area (Å²) in [6, 6.07) is 3.41. The second-order valence-electron chi connectivity index (χ2n) is 5.34. The number of nitrogens with zero attached hydrogens (tertiary/aromatic N) is 1. The van der Waals surface area contributed by atoms with Crippen molar-refractivity contribution in [3.05, 3.63) is 29.6 Å². The van der Waals surface area contributed by atoms with Crippen molar-refractivity contribution >= 4 is 5.78 Å². The van der Waals surface area contributed by atoms with Gasteiger partial charge in [-0.15, -0.1) is 0 Å². The molecule has 20 heavy (non-hydrogen) atoms. The van der Waals surface area contributed by atoms with Crippen LogP contribution in [-0.2, 0) is 0 Å². The second-order valence-corrected chi connectivity index (χ2v) is 5.34. The number of likely N-dealkylation sites (tertiary alicyclic amines) is 1. The van der Waals surface area contributed by atoms with Gasteiger partial charge in [0.2, 0.25) is 0 Å². The molecule has 0 bridgehead atoms. The lowest BCUT2D eigenvalue weighted by Crippen LogP contribution is -2.39. The topological polar surface area (TPSA) is 60.8 Å². The quantitative estimate of drug-likeness (QED) is 0.808. The Morgan fingerprint density at radius 3 is 3.00 bits per heavy atom. The predicted octanol–water partition coefficient (Wildman–Crippen LogP) is 1.81. The van der Waals surface area contributed by atoms with Crippen LogP contribution >= 0.6 is 0 Å². The van der Waals surface area contributed by atoms with E-state index in [1.165, 1.54) is 6.07 Å². The Balaban J connectivity index is 1.98. The lowest BCUT2D eigenvalue weighted by Gasteiger charge is -2.31. The van der Waals surface area contributed by atoms with Crippen molar-refractivity contribution in [2.45, 2.75) is 19.3 Å². The zero-order valence-electron chi connectivity index (χ0n) is 11.4. The van der Waals surface area contributed by atoms with Gasteiger partial charge in [-0.05, 0) is 49.9 Å². The molecule has 1 saturated heterocycles. The summed E-state index contributed by atoms with van der Waals surface area (Å²) in [6.45, 7) is 1.93. The first-order valence-corrected chi connectivity index (χ1v) is 6.95. The number of hydrogen-bond acceptors (Lipinski definition) is 4. The fraction of sp³-hybridized carbons (Fsp3) is 0.533. The molecule has 1 unspecified atom stereocenters. The Kier molecular flexibility index (Phi) is 5.09. The summed E-state index contributed by atoms with van der Waals surface area (Å²) >= 11 is 0. The van der Waals surface area contributed by atoms with Crippen molar-refractivity contribution < 1.29 is 19.4 Å². The summed E-state index contributed by atoms with van der Waals surface area (Å²) in [7, 11) is 0. The monoisotopic (exact) mass is 281 g/mol. The minimum atomic E-state index is -0.525. The van der Waals surface area contributed by atoms with E-state index in [9.17, 15) is 14.3 Å². The number of carbonyl (C=O) groups is 1. The summed E-state index contributed by atoms with van der Waals surface area (Å²) in [5.74, 6) is -0.572. The number of rotatable bonds is 5. The van der Waals surface area contributed by atoms with E-state index in [4.69, 9.17) is 5.11 Å². The Hall–Kier alpha value is -1.46. The van der Waals surface area contributed by atoms with Crippen LogP contribution in [0.15, 0.2) is 18.2 Å². The van der Waals surface area contributed by atoms with Gasteiger partial charge < -0.3 is 10.2 Å². The van der Waals surface area contributed by atoms with Gasteiger partial charge in [0, 0.05) is 13.2 Å². The van der Waals surface area contributed by atoms with Crippen LogP contribution in [0.5, 0.6) is 5.75 Å². The average Bonchev–Trinajstić information content (AvgIpc) is 2.42. The summed E-state index contributed by atoms with van der Waals surface area (Å²) in [5, 5.41) is 18.6. The molecule has 5 heteroatoms. The molecule has 1 heterocycles. The highest BCUT2D eigenvalue weighted by Gasteiger charge is 2.22. The van der Waals surface area contributed by atoms with Gasteiger partial charge in [0.1, 0.15) is 11.6 Å². The van der Waals surface area contributed by atoms with Crippen molar-refractivity contribution in [1.82, 2.24) is 4.90 Å². The Morgan fingerprint density at radius 2 is 2.25 bits per heavy atom. The number of aromatic hydroxyl groups is 1. The van der Waals surface area contributed by atoms with Gasteiger partial charge in [-0.3, -0.25) is 9.69 Å².